The number of benzene rings is 1. The van der Waals surface area contributed by atoms with Gasteiger partial charge in [0.25, 0.3) is 0 Å². The first-order chi connectivity index (χ1) is 9.16. The SMILES string of the molecule is O=C(O)CCCCn1nnnc1-c1ccc(F)cc1. The molecule has 6 nitrogen and oxygen atoms in total. The van der Waals surface area contributed by atoms with Gasteiger partial charge in [-0.15, -0.1) is 5.10 Å². The summed E-state index contributed by atoms with van der Waals surface area (Å²) in [5.74, 6) is -0.574. The molecule has 19 heavy (non-hydrogen) atoms. The zero-order chi connectivity index (χ0) is 13.7. The molecule has 1 N–H and O–H groups in total. The minimum absolute atomic E-state index is 0.133. The van der Waals surface area contributed by atoms with Gasteiger partial charge in [-0.3, -0.25) is 4.79 Å². The number of halogens is 1. The maximum Gasteiger partial charge on any atom is 0.303 e. The molecule has 0 amide bonds. The van der Waals surface area contributed by atoms with Crippen LogP contribution in [0.2, 0.25) is 0 Å². The zero-order valence-electron chi connectivity index (χ0n) is 10.2. The summed E-state index contributed by atoms with van der Waals surface area (Å²) in [5, 5.41) is 19.9. The van der Waals surface area contributed by atoms with Crippen LogP contribution in [0, 0.1) is 5.82 Å². The number of unbranched alkanes of at least 4 members (excludes halogenated alkanes) is 1. The van der Waals surface area contributed by atoms with Crippen LogP contribution in [0.25, 0.3) is 11.4 Å². The third-order valence-corrected chi connectivity index (χ3v) is 2.64. The number of carboxylic acids is 1. The lowest BCUT2D eigenvalue weighted by molar-refractivity contribution is -0.137. The predicted octanol–water partition coefficient (Wildman–Crippen LogP) is 1.73. The molecule has 0 bridgehead atoms. The molecule has 0 aliphatic rings. The molecule has 0 aliphatic heterocycles. The molecule has 2 aromatic rings. The van der Waals surface area contributed by atoms with E-state index in [1.807, 2.05) is 0 Å². The van der Waals surface area contributed by atoms with E-state index >= 15 is 0 Å². The van der Waals surface area contributed by atoms with Crippen molar-refractivity contribution in [2.75, 3.05) is 0 Å². The van der Waals surface area contributed by atoms with Crippen molar-refractivity contribution in [3.63, 3.8) is 0 Å². The first kappa shape index (κ1) is 13.1. The molecule has 7 heteroatoms. The summed E-state index contributed by atoms with van der Waals surface area (Å²) >= 11 is 0. The van der Waals surface area contributed by atoms with Crippen molar-refractivity contribution < 1.29 is 14.3 Å². The van der Waals surface area contributed by atoms with Crippen molar-refractivity contribution in [2.45, 2.75) is 25.8 Å². The van der Waals surface area contributed by atoms with Crippen molar-refractivity contribution in [3.05, 3.63) is 30.1 Å². The summed E-state index contributed by atoms with van der Waals surface area (Å²) in [7, 11) is 0. The molecule has 1 aromatic heterocycles. The summed E-state index contributed by atoms with van der Waals surface area (Å²) in [4.78, 5) is 10.4. The Balaban J connectivity index is 2.01. The molecule has 1 heterocycles. The predicted molar refractivity (Wildman–Crippen MR) is 64.7 cm³/mol. The monoisotopic (exact) mass is 264 g/mol. The van der Waals surface area contributed by atoms with Crippen LogP contribution in [0.1, 0.15) is 19.3 Å². The smallest absolute Gasteiger partial charge is 0.303 e. The maximum atomic E-state index is 12.8. The molecule has 0 unspecified atom stereocenters. The number of carboxylic acid groups (broad SMARTS) is 1. The first-order valence-corrected chi connectivity index (χ1v) is 5.91. The molecule has 0 aliphatic carbocycles. The number of aromatic nitrogens is 4. The molecule has 0 atom stereocenters. The number of hydrogen-bond acceptors (Lipinski definition) is 4. The quantitative estimate of drug-likeness (QED) is 0.804. The summed E-state index contributed by atoms with van der Waals surface area (Å²) in [6.45, 7) is 0.535. The van der Waals surface area contributed by atoms with Gasteiger partial charge in [-0.25, -0.2) is 9.07 Å². The van der Waals surface area contributed by atoms with Gasteiger partial charge in [0.05, 0.1) is 0 Å². The minimum Gasteiger partial charge on any atom is -0.481 e. The van der Waals surface area contributed by atoms with Crippen LogP contribution in [-0.2, 0) is 11.3 Å². The Hall–Kier alpha value is -2.31. The summed E-state index contributed by atoms with van der Waals surface area (Å²) < 4.78 is 14.4. The lowest BCUT2D eigenvalue weighted by Crippen LogP contribution is -2.04. The summed E-state index contributed by atoms with van der Waals surface area (Å²) in [6, 6.07) is 5.90. The van der Waals surface area contributed by atoms with Crippen molar-refractivity contribution in [3.8, 4) is 11.4 Å². The van der Waals surface area contributed by atoms with E-state index in [0.717, 1.165) is 5.56 Å². The van der Waals surface area contributed by atoms with E-state index in [9.17, 15) is 9.18 Å². The first-order valence-electron chi connectivity index (χ1n) is 5.91. The van der Waals surface area contributed by atoms with E-state index < -0.39 is 5.97 Å². The van der Waals surface area contributed by atoms with E-state index in [0.29, 0.717) is 25.2 Å². The van der Waals surface area contributed by atoms with Crippen LogP contribution in [0.15, 0.2) is 24.3 Å². The van der Waals surface area contributed by atoms with Crippen molar-refractivity contribution in [2.24, 2.45) is 0 Å². The highest BCUT2D eigenvalue weighted by molar-refractivity contribution is 5.66. The number of rotatable bonds is 6. The van der Waals surface area contributed by atoms with E-state index in [1.165, 1.54) is 12.1 Å². The fourth-order valence-corrected chi connectivity index (χ4v) is 1.70. The van der Waals surface area contributed by atoms with Crippen molar-refractivity contribution in [1.29, 1.82) is 0 Å². The van der Waals surface area contributed by atoms with Gasteiger partial charge in [0.2, 0.25) is 0 Å². The fourth-order valence-electron chi connectivity index (χ4n) is 1.70. The fraction of sp³-hybridized carbons (Fsp3) is 0.333. The molecule has 0 radical (unpaired) electrons. The Kier molecular flexibility index (Phi) is 4.17. The van der Waals surface area contributed by atoms with Gasteiger partial charge in [-0.2, -0.15) is 0 Å². The van der Waals surface area contributed by atoms with Gasteiger partial charge in [-0.05, 0) is 47.5 Å². The van der Waals surface area contributed by atoms with Crippen LogP contribution < -0.4 is 0 Å². The molecule has 0 saturated carbocycles. The lowest BCUT2D eigenvalue weighted by atomic mass is 10.2. The highest BCUT2D eigenvalue weighted by Crippen LogP contribution is 2.16. The van der Waals surface area contributed by atoms with Crippen LogP contribution >= 0.6 is 0 Å². The Labute approximate surface area is 108 Å². The molecular formula is C12H13FN4O2. The molecular weight excluding hydrogens is 251 g/mol. The summed E-state index contributed by atoms with van der Waals surface area (Å²) in [6.07, 6.45) is 1.37. The highest BCUT2D eigenvalue weighted by atomic mass is 19.1. The third kappa shape index (κ3) is 3.57. The zero-order valence-corrected chi connectivity index (χ0v) is 10.2. The van der Waals surface area contributed by atoms with Crippen molar-refractivity contribution >= 4 is 5.97 Å². The Morgan fingerprint density at radius 1 is 1.26 bits per heavy atom. The molecule has 0 fully saturated rings. The third-order valence-electron chi connectivity index (χ3n) is 2.64. The van der Waals surface area contributed by atoms with Gasteiger partial charge >= 0.3 is 5.97 Å². The minimum atomic E-state index is -0.810. The number of aliphatic carboxylic acids is 1. The van der Waals surface area contributed by atoms with Crippen molar-refractivity contribution in [1.82, 2.24) is 20.2 Å². The van der Waals surface area contributed by atoms with E-state index in [1.54, 1.807) is 16.8 Å². The highest BCUT2D eigenvalue weighted by Gasteiger charge is 2.08. The number of aryl methyl sites for hydroxylation is 1. The van der Waals surface area contributed by atoms with Crippen LogP contribution in [0.4, 0.5) is 4.39 Å². The number of tetrazole rings is 1. The normalized spacial score (nSPS) is 10.6. The van der Waals surface area contributed by atoms with E-state index in [4.69, 9.17) is 5.11 Å². The van der Waals surface area contributed by atoms with Gasteiger partial charge in [0, 0.05) is 18.5 Å². The number of carbonyl (C=O) groups is 1. The van der Waals surface area contributed by atoms with Gasteiger partial charge < -0.3 is 5.11 Å². The topological polar surface area (TPSA) is 80.9 Å². The Morgan fingerprint density at radius 3 is 2.68 bits per heavy atom. The standard InChI is InChI=1S/C12H13FN4O2/c13-10-6-4-9(5-7-10)12-14-15-16-17(12)8-2-1-3-11(18)19/h4-7H,1-3,8H2,(H,18,19). The molecule has 100 valence electrons. The molecule has 1 aromatic carbocycles. The molecule has 0 spiro atoms. The Morgan fingerprint density at radius 2 is 2.00 bits per heavy atom. The second kappa shape index (κ2) is 6.03. The lowest BCUT2D eigenvalue weighted by Gasteiger charge is -2.04. The molecule has 2 rings (SSSR count). The largest absolute Gasteiger partial charge is 0.481 e. The van der Waals surface area contributed by atoms with Crippen LogP contribution in [-0.4, -0.2) is 31.3 Å². The average Bonchev–Trinajstić information content (AvgIpc) is 2.84. The summed E-state index contributed by atoms with van der Waals surface area (Å²) in [5.41, 5.74) is 0.727. The van der Waals surface area contributed by atoms with Crippen LogP contribution in [0.5, 0.6) is 0 Å². The second-order valence-electron chi connectivity index (χ2n) is 4.08. The average molecular weight is 264 g/mol. The molecule has 0 saturated heterocycles. The number of hydrogen-bond donors (Lipinski definition) is 1. The maximum absolute atomic E-state index is 12.8. The second-order valence-corrected chi connectivity index (χ2v) is 4.08. The van der Waals surface area contributed by atoms with E-state index in [2.05, 4.69) is 15.5 Å². The Bertz CT molecular complexity index is 553. The van der Waals surface area contributed by atoms with Gasteiger partial charge in [-0.1, -0.05) is 0 Å². The van der Waals surface area contributed by atoms with Gasteiger partial charge in [0.1, 0.15) is 5.82 Å². The van der Waals surface area contributed by atoms with Crippen LogP contribution in [0.3, 0.4) is 0 Å². The van der Waals surface area contributed by atoms with E-state index in [-0.39, 0.29) is 12.2 Å². The number of nitrogens with zero attached hydrogens (tertiary/aromatic N) is 4. The van der Waals surface area contributed by atoms with Gasteiger partial charge in [0.15, 0.2) is 5.82 Å².